The SMILES string of the molecule is COC(=O)N1CCN(C(=O)c2cccc3c2OCC(=O)N3)CC1. The largest absolute Gasteiger partial charge is 0.481 e. The Kier molecular flexibility index (Phi) is 4.05. The molecular weight excluding hydrogens is 302 g/mol. The van der Waals surface area contributed by atoms with Crippen LogP contribution in [-0.4, -0.2) is 67.6 Å². The number of ether oxygens (including phenoxy) is 2. The van der Waals surface area contributed by atoms with Gasteiger partial charge in [-0.2, -0.15) is 0 Å². The van der Waals surface area contributed by atoms with Gasteiger partial charge in [0.1, 0.15) is 0 Å². The summed E-state index contributed by atoms with van der Waals surface area (Å²) in [6.07, 6.45) is -0.389. The number of hydrogen-bond donors (Lipinski definition) is 1. The number of fused-ring (bicyclic) bond motifs is 1. The van der Waals surface area contributed by atoms with E-state index in [1.807, 2.05) is 0 Å². The molecule has 23 heavy (non-hydrogen) atoms. The molecule has 0 aliphatic carbocycles. The molecule has 0 radical (unpaired) electrons. The second-order valence-electron chi connectivity index (χ2n) is 5.27. The zero-order chi connectivity index (χ0) is 16.4. The van der Waals surface area contributed by atoms with Gasteiger partial charge < -0.3 is 24.6 Å². The van der Waals surface area contributed by atoms with Gasteiger partial charge in [-0.3, -0.25) is 9.59 Å². The minimum atomic E-state index is -0.389. The Morgan fingerprint density at radius 2 is 1.87 bits per heavy atom. The fraction of sp³-hybridized carbons (Fsp3) is 0.400. The third kappa shape index (κ3) is 2.92. The van der Waals surface area contributed by atoms with Crippen LogP contribution in [-0.2, 0) is 9.53 Å². The molecule has 0 aromatic heterocycles. The molecule has 0 unspecified atom stereocenters. The van der Waals surface area contributed by atoms with Gasteiger partial charge in [-0.1, -0.05) is 6.07 Å². The van der Waals surface area contributed by atoms with E-state index in [4.69, 9.17) is 4.74 Å². The molecule has 122 valence electrons. The normalized spacial score (nSPS) is 17.0. The number of hydrogen-bond acceptors (Lipinski definition) is 5. The number of anilines is 1. The van der Waals surface area contributed by atoms with Crippen molar-refractivity contribution in [2.45, 2.75) is 0 Å². The monoisotopic (exact) mass is 319 g/mol. The highest BCUT2D eigenvalue weighted by molar-refractivity contribution is 6.03. The van der Waals surface area contributed by atoms with Crippen LogP contribution in [0, 0.1) is 0 Å². The Hall–Kier alpha value is -2.77. The first-order valence-corrected chi connectivity index (χ1v) is 7.28. The Morgan fingerprint density at radius 1 is 1.17 bits per heavy atom. The van der Waals surface area contributed by atoms with Crippen LogP contribution >= 0.6 is 0 Å². The first kappa shape index (κ1) is 15.1. The van der Waals surface area contributed by atoms with Crippen LogP contribution in [0.25, 0.3) is 0 Å². The lowest BCUT2D eigenvalue weighted by atomic mass is 10.1. The second kappa shape index (κ2) is 6.15. The second-order valence-corrected chi connectivity index (χ2v) is 5.27. The van der Waals surface area contributed by atoms with E-state index in [-0.39, 0.29) is 24.5 Å². The van der Waals surface area contributed by atoms with E-state index in [0.29, 0.717) is 43.2 Å². The van der Waals surface area contributed by atoms with Gasteiger partial charge >= 0.3 is 6.09 Å². The van der Waals surface area contributed by atoms with Crippen LogP contribution in [0.1, 0.15) is 10.4 Å². The number of amides is 3. The van der Waals surface area contributed by atoms with E-state index in [0.717, 1.165) is 0 Å². The Balaban J connectivity index is 1.74. The summed E-state index contributed by atoms with van der Waals surface area (Å²) in [6, 6.07) is 5.06. The molecule has 2 aliphatic heterocycles. The first-order chi connectivity index (χ1) is 11.1. The van der Waals surface area contributed by atoms with Gasteiger partial charge in [0.15, 0.2) is 12.4 Å². The van der Waals surface area contributed by atoms with Gasteiger partial charge in [-0.15, -0.1) is 0 Å². The summed E-state index contributed by atoms with van der Waals surface area (Å²) in [7, 11) is 1.34. The molecule has 1 fully saturated rings. The van der Waals surface area contributed by atoms with Gasteiger partial charge in [0, 0.05) is 26.2 Å². The van der Waals surface area contributed by atoms with Gasteiger partial charge in [0.2, 0.25) is 0 Å². The van der Waals surface area contributed by atoms with Crippen LogP contribution in [0.5, 0.6) is 5.75 Å². The Bertz CT molecular complexity index is 653. The maximum atomic E-state index is 12.7. The summed E-state index contributed by atoms with van der Waals surface area (Å²) >= 11 is 0. The van der Waals surface area contributed by atoms with E-state index in [2.05, 4.69) is 10.1 Å². The summed E-state index contributed by atoms with van der Waals surface area (Å²) in [5, 5.41) is 2.68. The predicted molar refractivity (Wildman–Crippen MR) is 80.4 cm³/mol. The molecule has 8 heteroatoms. The minimum Gasteiger partial charge on any atom is -0.481 e. The fourth-order valence-corrected chi connectivity index (χ4v) is 2.67. The summed E-state index contributed by atoms with van der Waals surface area (Å²) in [4.78, 5) is 38.7. The van der Waals surface area contributed by atoms with Gasteiger partial charge in [0.05, 0.1) is 18.4 Å². The van der Waals surface area contributed by atoms with Crippen LogP contribution in [0.3, 0.4) is 0 Å². The third-order valence-electron chi connectivity index (χ3n) is 3.87. The molecule has 1 saturated heterocycles. The lowest BCUT2D eigenvalue weighted by molar-refractivity contribution is -0.118. The van der Waals surface area contributed by atoms with Crippen molar-refractivity contribution in [3.8, 4) is 5.75 Å². The first-order valence-electron chi connectivity index (χ1n) is 7.28. The molecule has 0 spiro atoms. The van der Waals surface area contributed by atoms with Crippen LogP contribution in [0.4, 0.5) is 10.5 Å². The highest BCUT2D eigenvalue weighted by Crippen LogP contribution is 2.32. The lowest BCUT2D eigenvalue weighted by Crippen LogP contribution is -2.50. The van der Waals surface area contributed by atoms with Gasteiger partial charge in [-0.25, -0.2) is 4.79 Å². The molecule has 1 N–H and O–H groups in total. The summed E-state index contributed by atoms with van der Waals surface area (Å²) < 4.78 is 10.1. The summed E-state index contributed by atoms with van der Waals surface area (Å²) in [5.74, 6) is -0.0243. The van der Waals surface area contributed by atoms with Gasteiger partial charge in [-0.05, 0) is 12.1 Å². The number of carbonyl (C=O) groups is 3. The lowest BCUT2D eigenvalue weighted by Gasteiger charge is -2.34. The third-order valence-corrected chi connectivity index (χ3v) is 3.87. The van der Waals surface area contributed by atoms with Crippen molar-refractivity contribution >= 4 is 23.6 Å². The molecule has 3 amide bonds. The molecule has 2 aliphatic rings. The summed E-state index contributed by atoms with van der Waals surface area (Å²) in [6.45, 7) is 1.58. The number of piperazine rings is 1. The highest BCUT2D eigenvalue weighted by atomic mass is 16.5. The van der Waals surface area contributed by atoms with Crippen molar-refractivity contribution in [3.05, 3.63) is 23.8 Å². The topological polar surface area (TPSA) is 88.2 Å². The van der Waals surface area contributed by atoms with Crippen LogP contribution < -0.4 is 10.1 Å². The number of methoxy groups -OCH3 is 1. The minimum absolute atomic E-state index is 0.104. The average Bonchev–Trinajstić information content (AvgIpc) is 2.59. The van der Waals surface area contributed by atoms with Crippen molar-refractivity contribution in [1.29, 1.82) is 0 Å². The van der Waals surface area contributed by atoms with Crippen LogP contribution in [0.2, 0.25) is 0 Å². The highest BCUT2D eigenvalue weighted by Gasteiger charge is 2.29. The molecule has 8 nitrogen and oxygen atoms in total. The molecule has 1 aromatic rings. The molecule has 0 saturated carbocycles. The van der Waals surface area contributed by atoms with Gasteiger partial charge in [0.25, 0.3) is 11.8 Å². The number of rotatable bonds is 1. The maximum Gasteiger partial charge on any atom is 0.409 e. The average molecular weight is 319 g/mol. The fourth-order valence-electron chi connectivity index (χ4n) is 2.67. The Morgan fingerprint density at radius 3 is 2.57 bits per heavy atom. The molecule has 1 aromatic carbocycles. The Labute approximate surface area is 132 Å². The zero-order valence-electron chi connectivity index (χ0n) is 12.7. The van der Waals surface area contributed by atoms with E-state index in [1.165, 1.54) is 7.11 Å². The molecule has 2 heterocycles. The van der Waals surface area contributed by atoms with E-state index >= 15 is 0 Å². The smallest absolute Gasteiger partial charge is 0.409 e. The van der Waals surface area contributed by atoms with Crippen LogP contribution in [0.15, 0.2) is 18.2 Å². The summed E-state index contributed by atoms with van der Waals surface area (Å²) in [5.41, 5.74) is 0.911. The standard InChI is InChI=1S/C15H17N3O5/c1-22-15(21)18-7-5-17(6-8-18)14(20)10-3-2-4-11-13(10)23-9-12(19)16-11/h2-4H,5-9H2,1H3,(H,16,19). The predicted octanol–water partition coefficient (Wildman–Crippen LogP) is 0.542. The number of nitrogens with one attached hydrogen (secondary N) is 1. The quantitative estimate of drug-likeness (QED) is 0.816. The van der Waals surface area contributed by atoms with Crippen molar-refractivity contribution in [2.75, 3.05) is 45.2 Å². The zero-order valence-corrected chi connectivity index (χ0v) is 12.7. The molecule has 3 rings (SSSR count). The number of nitrogens with zero attached hydrogens (tertiary/aromatic N) is 2. The van der Waals surface area contributed by atoms with Crippen molar-refractivity contribution in [2.24, 2.45) is 0 Å². The van der Waals surface area contributed by atoms with E-state index in [9.17, 15) is 14.4 Å². The molecule has 0 atom stereocenters. The molecule has 0 bridgehead atoms. The van der Waals surface area contributed by atoms with E-state index in [1.54, 1.807) is 28.0 Å². The molecular formula is C15H17N3O5. The van der Waals surface area contributed by atoms with Crippen molar-refractivity contribution in [1.82, 2.24) is 9.80 Å². The van der Waals surface area contributed by atoms with Crippen molar-refractivity contribution < 1.29 is 23.9 Å². The maximum absolute atomic E-state index is 12.7. The number of carbonyl (C=O) groups excluding carboxylic acids is 3. The number of benzene rings is 1. The van der Waals surface area contributed by atoms with E-state index < -0.39 is 0 Å². The number of para-hydroxylation sites is 1. The van der Waals surface area contributed by atoms with Crippen molar-refractivity contribution in [3.63, 3.8) is 0 Å².